The van der Waals surface area contributed by atoms with Crippen molar-refractivity contribution in [2.75, 3.05) is 31.1 Å². The van der Waals surface area contributed by atoms with Crippen LogP contribution < -0.4 is 10.4 Å². The minimum Gasteiger partial charge on any atom is -0.368 e. The van der Waals surface area contributed by atoms with Gasteiger partial charge in [0.05, 0.1) is 11.6 Å². The highest BCUT2D eigenvalue weighted by molar-refractivity contribution is 5.92. The van der Waals surface area contributed by atoms with Gasteiger partial charge in [-0.05, 0) is 53.6 Å². The summed E-state index contributed by atoms with van der Waals surface area (Å²) in [7, 11) is 0. The van der Waals surface area contributed by atoms with E-state index in [0.717, 1.165) is 29.9 Å². The molecule has 0 aromatic heterocycles. The van der Waals surface area contributed by atoms with Crippen molar-refractivity contribution < 1.29 is 14.8 Å². The van der Waals surface area contributed by atoms with Crippen LogP contribution in [0.1, 0.15) is 16.7 Å². The van der Waals surface area contributed by atoms with Crippen LogP contribution in [0, 0.1) is 11.3 Å². The molecule has 0 atom stereocenters. The molecule has 2 aromatic carbocycles. The van der Waals surface area contributed by atoms with Gasteiger partial charge >= 0.3 is 0 Å². The molecule has 7 nitrogen and oxygen atoms in total. The predicted octanol–water partition coefficient (Wildman–Crippen LogP) is 2.44. The number of anilines is 1. The van der Waals surface area contributed by atoms with Gasteiger partial charge in [0, 0.05) is 44.0 Å². The lowest BCUT2D eigenvalue weighted by atomic mass is 10.1. The number of hydroxylamine groups is 1. The summed E-state index contributed by atoms with van der Waals surface area (Å²) in [5, 5.41) is 17.4. The van der Waals surface area contributed by atoms with E-state index in [-0.39, 0.29) is 5.91 Å². The van der Waals surface area contributed by atoms with Crippen LogP contribution in [-0.4, -0.2) is 48.1 Å². The molecule has 1 heterocycles. The summed E-state index contributed by atoms with van der Waals surface area (Å²) in [6.07, 6.45) is 6.10. The SMILES string of the molecule is N#Cc1ccc(N2CCN(C(=O)/C=C/c3cccc(/C=C/C(=O)NO)c3)CC2)cc1. The average molecular weight is 402 g/mol. The van der Waals surface area contributed by atoms with Crippen molar-refractivity contribution in [1.82, 2.24) is 10.4 Å². The van der Waals surface area contributed by atoms with Crippen LogP contribution in [0.15, 0.2) is 60.7 Å². The van der Waals surface area contributed by atoms with Gasteiger partial charge in [-0.2, -0.15) is 5.26 Å². The van der Waals surface area contributed by atoms with Crippen molar-refractivity contribution in [3.63, 3.8) is 0 Å². The molecule has 0 spiro atoms. The van der Waals surface area contributed by atoms with Crippen molar-refractivity contribution >= 4 is 29.7 Å². The van der Waals surface area contributed by atoms with E-state index < -0.39 is 5.91 Å². The van der Waals surface area contributed by atoms with Crippen LogP contribution in [0.25, 0.3) is 12.2 Å². The molecule has 2 N–H and O–H groups in total. The molecule has 0 radical (unpaired) electrons. The van der Waals surface area contributed by atoms with E-state index in [1.165, 1.54) is 11.6 Å². The number of piperazine rings is 1. The topological polar surface area (TPSA) is 96.7 Å². The highest BCUT2D eigenvalue weighted by atomic mass is 16.5. The zero-order chi connectivity index (χ0) is 21.3. The van der Waals surface area contributed by atoms with Gasteiger partial charge in [0.15, 0.2) is 0 Å². The second-order valence-electron chi connectivity index (χ2n) is 6.78. The number of hydrogen-bond donors (Lipinski definition) is 2. The van der Waals surface area contributed by atoms with Gasteiger partial charge < -0.3 is 9.80 Å². The number of amides is 2. The number of nitrogens with zero attached hydrogens (tertiary/aromatic N) is 3. The van der Waals surface area contributed by atoms with Crippen LogP contribution in [0.4, 0.5) is 5.69 Å². The third-order valence-corrected chi connectivity index (χ3v) is 4.82. The number of rotatable bonds is 5. The Kier molecular flexibility index (Phi) is 6.98. The number of benzene rings is 2. The van der Waals surface area contributed by atoms with Crippen LogP contribution in [0.5, 0.6) is 0 Å². The first-order valence-electron chi connectivity index (χ1n) is 9.53. The molecule has 1 aliphatic heterocycles. The summed E-state index contributed by atoms with van der Waals surface area (Å²) in [5.41, 5.74) is 4.84. The van der Waals surface area contributed by atoms with Crippen molar-refractivity contribution in [2.24, 2.45) is 0 Å². The molecule has 2 aromatic rings. The summed E-state index contributed by atoms with van der Waals surface area (Å²) < 4.78 is 0. The highest BCUT2D eigenvalue weighted by Crippen LogP contribution is 2.17. The molecular weight excluding hydrogens is 380 g/mol. The largest absolute Gasteiger partial charge is 0.368 e. The van der Waals surface area contributed by atoms with E-state index in [9.17, 15) is 9.59 Å². The molecule has 0 bridgehead atoms. The molecule has 30 heavy (non-hydrogen) atoms. The van der Waals surface area contributed by atoms with Gasteiger partial charge in [-0.1, -0.05) is 18.2 Å². The molecule has 7 heteroatoms. The Morgan fingerprint density at radius 1 is 0.967 bits per heavy atom. The van der Waals surface area contributed by atoms with Gasteiger partial charge in [-0.3, -0.25) is 14.8 Å². The Morgan fingerprint density at radius 3 is 2.20 bits per heavy atom. The smallest absolute Gasteiger partial charge is 0.267 e. The molecule has 1 saturated heterocycles. The number of carbonyl (C=O) groups excluding carboxylic acids is 2. The number of carbonyl (C=O) groups is 2. The number of hydrogen-bond acceptors (Lipinski definition) is 5. The van der Waals surface area contributed by atoms with E-state index in [2.05, 4.69) is 11.0 Å². The minimum atomic E-state index is -0.605. The van der Waals surface area contributed by atoms with Gasteiger partial charge in [0.1, 0.15) is 0 Å². The van der Waals surface area contributed by atoms with Crippen LogP contribution in [-0.2, 0) is 9.59 Å². The fraction of sp³-hybridized carbons (Fsp3) is 0.174. The van der Waals surface area contributed by atoms with Crippen LogP contribution in [0.3, 0.4) is 0 Å². The molecule has 0 aliphatic carbocycles. The monoisotopic (exact) mass is 402 g/mol. The molecule has 2 amide bonds. The maximum atomic E-state index is 12.5. The Hall–Kier alpha value is -3.89. The van der Waals surface area contributed by atoms with E-state index in [1.54, 1.807) is 30.4 Å². The Morgan fingerprint density at radius 2 is 1.60 bits per heavy atom. The summed E-state index contributed by atoms with van der Waals surface area (Å²) in [5.74, 6) is -0.652. The second-order valence-corrected chi connectivity index (χ2v) is 6.78. The second kappa shape index (κ2) is 10.0. The van der Waals surface area contributed by atoms with Gasteiger partial charge in [0.25, 0.3) is 5.91 Å². The van der Waals surface area contributed by atoms with Crippen LogP contribution in [0.2, 0.25) is 0 Å². The van der Waals surface area contributed by atoms with Crippen molar-refractivity contribution in [3.05, 3.63) is 77.4 Å². The van der Waals surface area contributed by atoms with E-state index in [1.807, 2.05) is 41.3 Å². The molecule has 0 saturated carbocycles. The first-order chi connectivity index (χ1) is 14.6. The molecule has 1 fully saturated rings. The zero-order valence-electron chi connectivity index (χ0n) is 16.4. The maximum Gasteiger partial charge on any atom is 0.267 e. The average Bonchev–Trinajstić information content (AvgIpc) is 2.81. The van der Waals surface area contributed by atoms with E-state index >= 15 is 0 Å². The van der Waals surface area contributed by atoms with E-state index in [4.69, 9.17) is 10.5 Å². The first kappa shape index (κ1) is 20.8. The highest BCUT2D eigenvalue weighted by Gasteiger charge is 2.19. The number of nitriles is 1. The maximum absolute atomic E-state index is 12.5. The lowest BCUT2D eigenvalue weighted by Crippen LogP contribution is -2.48. The third kappa shape index (κ3) is 5.56. The van der Waals surface area contributed by atoms with Crippen molar-refractivity contribution in [3.8, 4) is 6.07 Å². The zero-order valence-corrected chi connectivity index (χ0v) is 16.4. The standard InChI is InChI=1S/C23H22N4O3/c24-17-20-4-8-21(9-5-20)26-12-14-27(15-13-26)23(29)11-7-19-3-1-2-18(16-19)6-10-22(28)25-30/h1-11,16,30H,12-15H2,(H,25,28)/b10-6+,11-7+. The molecule has 3 rings (SSSR count). The van der Waals surface area contributed by atoms with Gasteiger partial charge in [-0.15, -0.1) is 0 Å². The van der Waals surface area contributed by atoms with Gasteiger partial charge in [0.2, 0.25) is 5.91 Å². The van der Waals surface area contributed by atoms with Crippen LogP contribution >= 0.6 is 0 Å². The quantitative estimate of drug-likeness (QED) is 0.455. The Bertz CT molecular complexity index is 998. The lowest BCUT2D eigenvalue weighted by molar-refractivity contribution is -0.126. The third-order valence-electron chi connectivity index (χ3n) is 4.82. The summed E-state index contributed by atoms with van der Waals surface area (Å²) >= 11 is 0. The van der Waals surface area contributed by atoms with E-state index in [0.29, 0.717) is 18.7 Å². The summed E-state index contributed by atoms with van der Waals surface area (Å²) in [6, 6.07) is 16.9. The summed E-state index contributed by atoms with van der Waals surface area (Å²) in [6.45, 7) is 2.72. The predicted molar refractivity (Wildman–Crippen MR) is 114 cm³/mol. The normalized spacial score (nSPS) is 14.1. The minimum absolute atomic E-state index is 0.0462. The molecule has 1 aliphatic rings. The molecule has 152 valence electrons. The fourth-order valence-corrected chi connectivity index (χ4v) is 3.18. The Balaban J connectivity index is 1.55. The van der Waals surface area contributed by atoms with Crippen molar-refractivity contribution in [1.29, 1.82) is 5.26 Å². The first-order valence-corrected chi connectivity index (χ1v) is 9.53. The fourth-order valence-electron chi connectivity index (χ4n) is 3.18. The van der Waals surface area contributed by atoms with Crippen molar-refractivity contribution in [2.45, 2.75) is 0 Å². The molecular formula is C23H22N4O3. The lowest BCUT2D eigenvalue weighted by Gasteiger charge is -2.35. The summed E-state index contributed by atoms with van der Waals surface area (Å²) in [4.78, 5) is 27.6. The van der Waals surface area contributed by atoms with Gasteiger partial charge in [-0.25, -0.2) is 5.48 Å². The number of nitrogens with one attached hydrogen (secondary N) is 1. The Labute approximate surface area is 175 Å². The molecule has 0 unspecified atom stereocenters.